The van der Waals surface area contributed by atoms with Gasteiger partial charge in [-0.25, -0.2) is 0 Å². The van der Waals surface area contributed by atoms with Gasteiger partial charge in [0.2, 0.25) is 11.8 Å². The molecule has 3 aromatic rings. The lowest BCUT2D eigenvalue weighted by Gasteiger charge is -2.43. The third-order valence-corrected chi connectivity index (χ3v) is 7.47. The highest BCUT2D eigenvalue weighted by Gasteiger charge is 2.54. The molecule has 0 bridgehead atoms. The van der Waals surface area contributed by atoms with E-state index < -0.39 is 5.54 Å². The second kappa shape index (κ2) is 11.9. The summed E-state index contributed by atoms with van der Waals surface area (Å²) in [5.74, 6) is -0.310. The number of hydrogen-bond donors (Lipinski definition) is 1. The van der Waals surface area contributed by atoms with E-state index in [2.05, 4.69) is 15.2 Å². The van der Waals surface area contributed by atoms with Gasteiger partial charge in [0.25, 0.3) is 5.91 Å². The van der Waals surface area contributed by atoms with Crippen molar-refractivity contribution in [2.24, 2.45) is 0 Å². The number of nitrogens with zero attached hydrogens (tertiary/aromatic N) is 4. The smallest absolute Gasteiger partial charge is 0.250 e. The van der Waals surface area contributed by atoms with E-state index >= 15 is 0 Å². The zero-order chi connectivity index (χ0) is 27.1. The number of aromatic nitrogens is 1. The Morgan fingerprint density at radius 2 is 1.62 bits per heavy atom. The molecule has 2 saturated heterocycles. The van der Waals surface area contributed by atoms with Crippen molar-refractivity contribution < 1.29 is 14.4 Å². The number of carbonyl (C=O) groups is 3. The van der Waals surface area contributed by atoms with Gasteiger partial charge in [-0.3, -0.25) is 19.4 Å². The first-order valence-electron chi connectivity index (χ1n) is 13.4. The van der Waals surface area contributed by atoms with E-state index in [-0.39, 0.29) is 24.3 Å². The summed E-state index contributed by atoms with van der Waals surface area (Å²) in [6, 6.07) is 25.2. The Hall–Kier alpha value is -4.46. The molecule has 0 unspecified atom stereocenters. The van der Waals surface area contributed by atoms with Crippen molar-refractivity contribution in [1.82, 2.24) is 20.1 Å². The summed E-state index contributed by atoms with van der Waals surface area (Å²) < 4.78 is 0. The van der Waals surface area contributed by atoms with Gasteiger partial charge in [0.1, 0.15) is 12.1 Å². The minimum atomic E-state index is -0.782. The molecule has 2 fully saturated rings. The highest BCUT2D eigenvalue weighted by molar-refractivity contribution is 5.97. The molecule has 8 nitrogen and oxygen atoms in total. The minimum Gasteiger partial charge on any atom is -0.354 e. The molecular formula is C31H33N5O3. The van der Waals surface area contributed by atoms with E-state index in [9.17, 15) is 14.4 Å². The zero-order valence-electron chi connectivity index (χ0n) is 21.9. The Balaban J connectivity index is 1.24. The van der Waals surface area contributed by atoms with Gasteiger partial charge in [0.05, 0.1) is 6.67 Å². The molecule has 200 valence electrons. The largest absolute Gasteiger partial charge is 0.354 e. The number of piperidine rings is 1. The molecule has 1 aromatic heterocycles. The van der Waals surface area contributed by atoms with Crippen LogP contribution in [0.1, 0.15) is 24.1 Å². The van der Waals surface area contributed by atoms with E-state index in [0.29, 0.717) is 45.6 Å². The third kappa shape index (κ3) is 6.00. The molecule has 39 heavy (non-hydrogen) atoms. The van der Waals surface area contributed by atoms with Crippen LogP contribution in [-0.2, 0) is 20.8 Å². The van der Waals surface area contributed by atoms with Gasteiger partial charge < -0.3 is 20.0 Å². The summed E-state index contributed by atoms with van der Waals surface area (Å²) >= 11 is 0. The van der Waals surface area contributed by atoms with Crippen LogP contribution in [-0.4, -0.2) is 70.9 Å². The van der Waals surface area contributed by atoms with E-state index in [1.54, 1.807) is 22.1 Å². The minimum absolute atomic E-state index is 0.00536. The number of nitrogens with one attached hydrogen (secondary N) is 1. The van der Waals surface area contributed by atoms with Crippen LogP contribution in [0.3, 0.4) is 0 Å². The van der Waals surface area contributed by atoms with Crippen LogP contribution in [0.25, 0.3) is 6.08 Å². The molecule has 2 aliphatic heterocycles. The van der Waals surface area contributed by atoms with Crippen molar-refractivity contribution in [1.29, 1.82) is 0 Å². The number of amides is 3. The zero-order valence-corrected chi connectivity index (χ0v) is 21.9. The third-order valence-electron chi connectivity index (χ3n) is 7.47. The lowest BCUT2D eigenvalue weighted by Crippen LogP contribution is -2.57. The van der Waals surface area contributed by atoms with Gasteiger partial charge in [-0.15, -0.1) is 0 Å². The van der Waals surface area contributed by atoms with Crippen LogP contribution < -0.4 is 10.2 Å². The molecular weight excluding hydrogens is 490 g/mol. The normalized spacial score (nSPS) is 16.7. The van der Waals surface area contributed by atoms with Crippen molar-refractivity contribution >= 4 is 29.5 Å². The van der Waals surface area contributed by atoms with E-state index in [0.717, 1.165) is 16.9 Å². The Morgan fingerprint density at radius 1 is 0.923 bits per heavy atom. The predicted molar refractivity (Wildman–Crippen MR) is 150 cm³/mol. The van der Waals surface area contributed by atoms with Crippen molar-refractivity contribution in [3.8, 4) is 0 Å². The second-order valence-corrected chi connectivity index (χ2v) is 9.93. The molecule has 8 heteroatoms. The number of para-hydroxylation sites is 1. The molecule has 3 amide bonds. The monoisotopic (exact) mass is 523 g/mol. The van der Waals surface area contributed by atoms with Gasteiger partial charge in [-0.2, -0.15) is 0 Å². The van der Waals surface area contributed by atoms with Crippen LogP contribution in [0.2, 0.25) is 0 Å². The summed E-state index contributed by atoms with van der Waals surface area (Å²) in [5, 5.41) is 2.92. The van der Waals surface area contributed by atoms with Gasteiger partial charge >= 0.3 is 0 Å². The van der Waals surface area contributed by atoms with Gasteiger partial charge in [0, 0.05) is 49.7 Å². The molecule has 5 rings (SSSR count). The highest BCUT2D eigenvalue weighted by Crippen LogP contribution is 2.39. The van der Waals surface area contributed by atoms with Crippen molar-refractivity contribution in [3.63, 3.8) is 0 Å². The Labute approximate surface area is 228 Å². The van der Waals surface area contributed by atoms with Crippen LogP contribution >= 0.6 is 0 Å². The molecule has 1 N–H and O–H groups in total. The standard InChI is InChI=1S/C31H33N5O3/c37-28(33-20-16-26-11-7-8-19-32-26)23-35-24-36(27-12-5-2-6-13-27)31(30(35)39)17-21-34(22-18-31)29(38)15-14-25-9-3-1-4-10-25/h1-15,19H,16-18,20-24H2,(H,33,37)/b15-14+. The number of anilines is 1. The highest BCUT2D eigenvalue weighted by atomic mass is 16.2. The number of benzene rings is 2. The first-order valence-corrected chi connectivity index (χ1v) is 13.4. The lowest BCUT2D eigenvalue weighted by molar-refractivity contribution is -0.138. The molecule has 1 spiro atoms. The van der Waals surface area contributed by atoms with E-state index in [1.807, 2.05) is 84.9 Å². The number of rotatable bonds is 8. The molecule has 2 aromatic carbocycles. The number of likely N-dealkylation sites (tertiary alicyclic amines) is 1. The van der Waals surface area contributed by atoms with Crippen LogP contribution in [0.4, 0.5) is 5.69 Å². The lowest BCUT2D eigenvalue weighted by atomic mass is 9.85. The fourth-order valence-corrected chi connectivity index (χ4v) is 5.36. The fourth-order valence-electron chi connectivity index (χ4n) is 5.36. The Morgan fingerprint density at radius 3 is 2.31 bits per heavy atom. The summed E-state index contributed by atoms with van der Waals surface area (Å²) in [6.07, 6.45) is 6.78. The maximum atomic E-state index is 13.9. The summed E-state index contributed by atoms with van der Waals surface area (Å²) in [4.78, 5) is 49.4. The van der Waals surface area contributed by atoms with Gasteiger partial charge in [-0.05, 0) is 48.7 Å². The topological polar surface area (TPSA) is 85.9 Å². The molecule has 0 saturated carbocycles. The molecule has 0 radical (unpaired) electrons. The summed E-state index contributed by atoms with van der Waals surface area (Å²) in [5.41, 5.74) is 2.03. The fraction of sp³-hybridized carbons (Fsp3) is 0.290. The average Bonchev–Trinajstić information content (AvgIpc) is 3.24. The van der Waals surface area contributed by atoms with E-state index in [1.165, 1.54) is 0 Å². The Kier molecular flexibility index (Phi) is 8.01. The van der Waals surface area contributed by atoms with Crippen LogP contribution in [0.5, 0.6) is 0 Å². The maximum Gasteiger partial charge on any atom is 0.250 e. The van der Waals surface area contributed by atoms with Crippen LogP contribution in [0, 0.1) is 0 Å². The summed E-state index contributed by atoms with van der Waals surface area (Å²) in [6.45, 7) is 1.72. The van der Waals surface area contributed by atoms with Crippen molar-refractivity contribution in [2.45, 2.75) is 24.8 Å². The molecule has 0 aliphatic carbocycles. The molecule has 3 heterocycles. The molecule has 2 aliphatic rings. The van der Waals surface area contributed by atoms with Gasteiger partial charge in [0.15, 0.2) is 0 Å². The van der Waals surface area contributed by atoms with Gasteiger partial charge in [-0.1, -0.05) is 54.6 Å². The number of hydrogen-bond acceptors (Lipinski definition) is 5. The number of carbonyl (C=O) groups excluding carboxylic acids is 3. The first kappa shape index (κ1) is 26.2. The summed E-state index contributed by atoms with van der Waals surface area (Å²) in [7, 11) is 0. The van der Waals surface area contributed by atoms with Crippen molar-refractivity contribution in [3.05, 3.63) is 102 Å². The van der Waals surface area contributed by atoms with Crippen molar-refractivity contribution in [2.75, 3.05) is 37.7 Å². The Bertz CT molecular complexity index is 1310. The second-order valence-electron chi connectivity index (χ2n) is 9.93. The van der Waals surface area contributed by atoms with E-state index in [4.69, 9.17) is 0 Å². The molecule has 0 atom stereocenters. The maximum absolute atomic E-state index is 13.9. The number of pyridine rings is 1. The quantitative estimate of drug-likeness (QED) is 0.459. The van der Waals surface area contributed by atoms with Crippen LogP contribution in [0.15, 0.2) is 91.1 Å². The average molecular weight is 524 g/mol. The first-order chi connectivity index (χ1) is 19.0. The predicted octanol–water partition coefficient (Wildman–Crippen LogP) is 3.12. The SMILES string of the molecule is O=C(CN1CN(c2ccccc2)C2(CCN(C(=O)/C=C/c3ccccc3)CC2)C1=O)NCCc1ccccn1.